The molecule has 3 N–H and O–H groups in total. The van der Waals surface area contributed by atoms with E-state index in [4.69, 9.17) is 5.73 Å². The number of hydrogen-bond donors (Lipinski definition) is 2. The van der Waals surface area contributed by atoms with E-state index in [-0.39, 0.29) is 6.04 Å². The molecular weight excluding hydrogens is 220 g/mol. The molecule has 2 heteroatoms. The van der Waals surface area contributed by atoms with Crippen LogP contribution in [0, 0.1) is 13.8 Å². The fourth-order valence-corrected chi connectivity index (χ4v) is 2.10. The molecule has 0 bridgehead atoms. The van der Waals surface area contributed by atoms with Crippen molar-refractivity contribution in [1.82, 2.24) is 0 Å². The van der Waals surface area contributed by atoms with Crippen LogP contribution in [0.5, 0.6) is 0 Å². The number of hydrogen-bond acceptors (Lipinski definition) is 2. The average Bonchev–Trinajstić information content (AvgIpc) is 2.36. The minimum atomic E-state index is 0.159. The molecule has 1 unspecified atom stereocenters. The summed E-state index contributed by atoms with van der Waals surface area (Å²) in [6, 6.07) is 17.0. The molecular formula is C16H20N2. The minimum absolute atomic E-state index is 0.159. The molecule has 0 saturated heterocycles. The molecule has 1 atom stereocenters. The third-order valence-corrected chi connectivity index (χ3v) is 3.04. The average molecular weight is 240 g/mol. The summed E-state index contributed by atoms with van der Waals surface area (Å²) in [5.74, 6) is 0. The third kappa shape index (κ3) is 3.11. The molecule has 0 aliphatic rings. The first-order chi connectivity index (χ1) is 8.69. The molecule has 0 saturated carbocycles. The number of benzene rings is 2. The SMILES string of the molecule is Cc1cccc(NC(CN)c2cccc(C)c2)c1. The Morgan fingerprint density at radius 3 is 2.28 bits per heavy atom. The van der Waals surface area contributed by atoms with E-state index in [1.165, 1.54) is 16.7 Å². The zero-order valence-electron chi connectivity index (χ0n) is 11.0. The van der Waals surface area contributed by atoms with Gasteiger partial charge in [-0.15, -0.1) is 0 Å². The molecule has 0 amide bonds. The summed E-state index contributed by atoms with van der Waals surface area (Å²) >= 11 is 0. The molecule has 0 aliphatic heterocycles. The maximum Gasteiger partial charge on any atom is 0.0636 e. The first-order valence-electron chi connectivity index (χ1n) is 6.29. The topological polar surface area (TPSA) is 38.0 Å². The van der Waals surface area contributed by atoms with Crippen LogP contribution in [0.1, 0.15) is 22.7 Å². The Balaban J connectivity index is 2.19. The highest BCUT2D eigenvalue weighted by molar-refractivity contribution is 5.48. The quantitative estimate of drug-likeness (QED) is 0.859. The van der Waals surface area contributed by atoms with E-state index in [9.17, 15) is 0 Å². The van der Waals surface area contributed by atoms with Crippen LogP contribution in [-0.2, 0) is 0 Å². The van der Waals surface area contributed by atoms with Gasteiger partial charge in [-0.3, -0.25) is 0 Å². The first kappa shape index (κ1) is 12.7. The maximum absolute atomic E-state index is 5.88. The van der Waals surface area contributed by atoms with Crippen molar-refractivity contribution in [2.75, 3.05) is 11.9 Å². The molecule has 2 rings (SSSR count). The lowest BCUT2D eigenvalue weighted by atomic mass is 10.0. The van der Waals surface area contributed by atoms with Crippen LogP contribution in [0.4, 0.5) is 5.69 Å². The van der Waals surface area contributed by atoms with Crippen LogP contribution >= 0.6 is 0 Å². The summed E-state index contributed by atoms with van der Waals surface area (Å²) in [5, 5.41) is 3.49. The summed E-state index contributed by atoms with van der Waals surface area (Å²) in [7, 11) is 0. The molecule has 0 aromatic heterocycles. The van der Waals surface area contributed by atoms with Crippen molar-refractivity contribution in [3.8, 4) is 0 Å². The Morgan fingerprint density at radius 2 is 1.67 bits per heavy atom. The Labute approximate surface area is 109 Å². The molecule has 2 aromatic rings. The van der Waals surface area contributed by atoms with E-state index < -0.39 is 0 Å². The van der Waals surface area contributed by atoms with Crippen molar-refractivity contribution < 1.29 is 0 Å². The van der Waals surface area contributed by atoms with E-state index in [1.54, 1.807) is 0 Å². The maximum atomic E-state index is 5.88. The van der Waals surface area contributed by atoms with Crippen molar-refractivity contribution in [3.63, 3.8) is 0 Å². The molecule has 0 fully saturated rings. The van der Waals surface area contributed by atoms with Gasteiger partial charge in [0.2, 0.25) is 0 Å². The largest absolute Gasteiger partial charge is 0.377 e. The van der Waals surface area contributed by atoms with Gasteiger partial charge in [-0.1, -0.05) is 42.0 Å². The van der Waals surface area contributed by atoms with Gasteiger partial charge in [0.25, 0.3) is 0 Å². The lowest BCUT2D eigenvalue weighted by molar-refractivity contribution is 0.789. The van der Waals surface area contributed by atoms with Crippen molar-refractivity contribution in [2.45, 2.75) is 19.9 Å². The Morgan fingerprint density at radius 1 is 1.00 bits per heavy atom. The van der Waals surface area contributed by atoms with Gasteiger partial charge in [-0.25, -0.2) is 0 Å². The van der Waals surface area contributed by atoms with E-state index in [0.717, 1.165) is 5.69 Å². The highest BCUT2D eigenvalue weighted by Gasteiger charge is 2.09. The number of rotatable bonds is 4. The summed E-state index contributed by atoms with van der Waals surface area (Å²) < 4.78 is 0. The van der Waals surface area contributed by atoms with Crippen LogP contribution in [0.25, 0.3) is 0 Å². The molecule has 2 nitrogen and oxygen atoms in total. The van der Waals surface area contributed by atoms with Crippen LogP contribution in [-0.4, -0.2) is 6.54 Å². The van der Waals surface area contributed by atoms with Gasteiger partial charge in [-0.05, 0) is 37.1 Å². The number of anilines is 1. The Hall–Kier alpha value is -1.80. The van der Waals surface area contributed by atoms with Gasteiger partial charge in [0.1, 0.15) is 0 Å². The van der Waals surface area contributed by atoms with Gasteiger partial charge in [-0.2, -0.15) is 0 Å². The summed E-state index contributed by atoms with van der Waals surface area (Å²) in [6.07, 6.45) is 0. The summed E-state index contributed by atoms with van der Waals surface area (Å²) in [6.45, 7) is 4.77. The second-order valence-corrected chi connectivity index (χ2v) is 4.72. The fraction of sp³-hybridized carbons (Fsp3) is 0.250. The highest BCUT2D eigenvalue weighted by Crippen LogP contribution is 2.20. The zero-order valence-corrected chi connectivity index (χ0v) is 11.0. The molecule has 2 aromatic carbocycles. The monoisotopic (exact) mass is 240 g/mol. The predicted octanol–water partition coefficient (Wildman–Crippen LogP) is 3.42. The van der Waals surface area contributed by atoms with Crippen molar-refractivity contribution in [1.29, 1.82) is 0 Å². The normalized spacial score (nSPS) is 12.2. The van der Waals surface area contributed by atoms with Crippen molar-refractivity contribution in [2.24, 2.45) is 5.73 Å². The van der Waals surface area contributed by atoms with Crippen molar-refractivity contribution >= 4 is 5.69 Å². The standard InChI is InChI=1S/C16H20N2/c1-12-5-3-7-14(9-12)16(11-17)18-15-8-4-6-13(2)10-15/h3-10,16,18H,11,17H2,1-2H3. The van der Waals surface area contributed by atoms with E-state index in [0.29, 0.717) is 6.54 Å². The van der Waals surface area contributed by atoms with Crippen molar-refractivity contribution in [3.05, 3.63) is 65.2 Å². The lowest BCUT2D eigenvalue weighted by Gasteiger charge is -2.19. The highest BCUT2D eigenvalue weighted by atomic mass is 14.9. The molecule has 18 heavy (non-hydrogen) atoms. The van der Waals surface area contributed by atoms with Crippen LogP contribution in [0.2, 0.25) is 0 Å². The second-order valence-electron chi connectivity index (χ2n) is 4.72. The van der Waals surface area contributed by atoms with Gasteiger partial charge < -0.3 is 11.1 Å². The number of nitrogens with one attached hydrogen (secondary N) is 1. The molecule has 0 aliphatic carbocycles. The van der Waals surface area contributed by atoms with Gasteiger partial charge in [0, 0.05) is 12.2 Å². The molecule has 0 radical (unpaired) electrons. The Bertz CT molecular complexity index is 520. The van der Waals surface area contributed by atoms with Gasteiger partial charge in [0.05, 0.1) is 6.04 Å². The smallest absolute Gasteiger partial charge is 0.0636 e. The summed E-state index contributed by atoms with van der Waals surface area (Å²) in [4.78, 5) is 0. The van der Waals surface area contributed by atoms with Gasteiger partial charge in [0.15, 0.2) is 0 Å². The Kier molecular flexibility index (Phi) is 4.00. The summed E-state index contributed by atoms with van der Waals surface area (Å²) in [5.41, 5.74) is 10.7. The van der Waals surface area contributed by atoms with E-state index in [2.05, 4.69) is 67.7 Å². The zero-order chi connectivity index (χ0) is 13.0. The molecule has 0 spiro atoms. The number of nitrogens with two attached hydrogens (primary N) is 1. The first-order valence-corrected chi connectivity index (χ1v) is 6.29. The lowest BCUT2D eigenvalue weighted by Crippen LogP contribution is -2.20. The van der Waals surface area contributed by atoms with Crippen LogP contribution < -0.4 is 11.1 Å². The third-order valence-electron chi connectivity index (χ3n) is 3.04. The van der Waals surface area contributed by atoms with Gasteiger partial charge >= 0.3 is 0 Å². The second kappa shape index (κ2) is 5.69. The fourth-order valence-electron chi connectivity index (χ4n) is 2.10. The molecule has 94 valence electrons. The van der Waals surface area contributed by atoms with Crippen LogP contribution in [0.15, 0.2) is 48.5 Å². The minimum Gasteiger partial charge on any atom is -0.377 e. The van der Waals surface area contributed by atoms with E-state index >= 15 is 0 Å². The predicted molar refractivity (Wildman–Crippen MR) is 77.8 cm³/mol. The molecule has 0 heterocycles. The number of aryl methyl sites for hydroxylation is 2. The van der Waals surface area contributed by atoms with E-state index in [1.807, 2.05) is 0 Å². The van der Waals surface area contributed by atoms with Crippen LogP contribution in [0.3, 0.4) is 0 Å².